The van der Waals surface area contributed by atoms with Crippen LogP contribution in [0, 0.1) is 0 Å². The Hall–Kier alpha value is -3.51. The molecule has 3 aromatic rings. The van der Waals surface area contributed by atoms with Crippen molar-refractivity contribution in [3.05, 3.63) is 82.4 Å². The molecule has 3 rings (SSSR count). The first-order valence-corrected chi connectivity index (χ1v) is 11.1. The van der Waals surface area contributed by atoms with E-state index in [-0.39, 0.29) is 18.0 Å². The van der Waals surface area contributed by atoms with Gasteiger partial charge in [-0.3, -0.25) is 4.79 Å². The summed E-state index contributed by atoms with van der Waals surface area (Å²) in [6.07, 6.45) is 0.877. The molecule has 0 aliphatic rings. The second kappa shape index (κ2) is 11.4. The molecule has 0 unspecified atom stereocenters. The highest BCUT2D eigenvalue weighted by Crippen LogP contribution is 2.28. The summed E-state index contributed by atoms with van der Waals surface area (Å²) in [5.41, 5.74) is 2.90. The highest BCUT2D eigenvalue weighted by atomic mass is 35.5. The monoisotopic (exact) mass is 467 g/mol. The Morgan fingerprint density at radius 2 is 1.76 bits per heavy atom. The zero-order valence-corrected chi connectivity index (χ0v) is 19.3. The molecule has 33 heavy (non-hydrogen) atoms. The lowest BCUT2D eigenvalue weighted by Crippen LogP contribution is -2.23. The van der Waals surface area contributed by atoms with Gasteiger partial charge in [0.25, 0.3) is 5.91 Å². The van der Waals surface area contributed by atoms with Gasteiger partial charge in [-0.25, -0.2) is 4.79 Å². The number of benzene rings is 3. The fourth-order valence-corrected chi connectivity index (χ4v) is 3.54. The third-order valence-electron chi connectivity index (χ3n) is 4.90. The van der Waals surface area contributed by atoms with Crippen LogP contribution >= 0.6 is 11.6 Å². The maximum absolute atomic E-state index is 12.8. The standard InChI is InChI=1S/C26H26ClNO5/c1-3-12-33-21-9-10-22(23(27)15-21)25(29)28-16-20-14-18(8-11-24(20)32-4-2)17-6-5-7-19(13-17)26(30)31/h5-11,13-15H,3-4,12,16H2,1-2H3,(H,28,29)(H,30,31). The molecule has 0 aromatic heterocycles. The maximum Gasteiger partial charge on any atom is 0.335 e. The van der Waals surface area contributed by atoms with E-state index in [0.717, 1.165) is 23.1 Å². The van der Waals surface area contributed by atoms with E-state index in [9.17, 15) is 14.7 Å². The third kappa shape index (κ3) is 6.26. The fraction of sp³-hybridized carbons (Fsp3) is 0.231. The van der Waals surface area contributed by atoms with Crippen LogP contribution in [0.15, 0.2) is 60.7 Å². The van der Waals surface area contributed by atoms with Crippen LogP contribution in [0.5, 0.6) is 11.5 Å². The van der Waals surface area contributed by atoms with Crippen LogP contribution in [0.4, 0.5) is 0 Å². The normalized spacial score (nSPS) is 10.5. The number of carboxylic acids is 1. The van der Waals surface area contributed by atoms with Gasteiger partial charge in [0, 0.05) is 12.1 Å². The molecule has 172 valence electrons. The van der Waals surface area contributed by atoms with Crippen LogP contribution in [0.3, 0.4) is 0 Å². The van der Waals surface area contributed by atoms with Crippen molar-refractivity contribution in [2.24, 2.45) is 0 Å². The molecule has 0 atom stereocenters. The Morgan fingerprint density at radius 3 is 2.45 bits per heavy atom. The first-order valence-electron chi connectivity index (χ1n) is 10.7. The molecule has 7 heteroatoms. The highest BCUT2D eigenvalue weighted by molar-refractivity contribution is 6.34. The van der Waals surface area contributed by atoms with Crippen molar-refractivity contribution < 1.29 is 24.2 Å². The van der Waals surface area contributed by atoms with E-state index in [1.54, 1.807) is 36.4 Å². The lowest BCUT2D eigenvalue weighted by atomic mass is 10.0. The first-order chi connectivity index (χ1) is 15.9. The number of carbonyl (C=O) groups excluding carboxylic acids is 1. The van der Waals surface area contributed by atoms with E-state index < -0.39 is 5.97 Å². The van der Waals surface area contributed by atoms with Crippen LogP contribution in [0.25, 0.3) is 11.1 Å². The minimum absolute atomic E-state index is 0.206. The van der Waals surface area contributed by atoms with Crippen LogP contribution in [-0.4, -0.2) is 30.2 Å². The Morgan fingerprint density at radius 1 is 0.970 bits per heavy atom. The Bertz CT molecular complexity index is 1150. The van der Waals surface area contributed by atoms with Crippen LogP contribution < -0.4 is 14.8 Å². The van der Waals surface area contributed by atoms with Gasteiger partial charge in [0.15, 0.2) is 0 Å². The predicted octanol–water partition coefficient (Wildman–Crippen LogP) is 5.82. The maximum atomic E-state index is 12.8. The average Bonchev–Trinajstić information content (AvgIpc) is 2.82. The summed E-state index contributed by atoms with van der Waals surface area (Å²) in [6.45, 7) is 5.16. The Labute approximate surface area is 198 Å². The Balaban J connectivity index is 1.80. The van der Waals surface area contributed by atoms with E-state index in [4.69, 9.17) is 21.1 Å². The number of rotatable bonds is 10. The summed E-state index contributed by atoms with van der Waals surface area (Å²) in [5.74, 6) is -0.0419. The minimum Gasteiger partial charge on any atom is -0.494 e. The van der Waals surface area contributed by atoms with Gasteiger partial charge < -0.3 is 19.9 Å². The van der Waals surface area contributed by atoms with Gasteiger partial charge in [-0.05, 0) is 66.9 Å². The second-order valence-corrected chi connectivity index (χ2v) is 7.72. The minimum atomic E-state index is -0.988. The molecule has 3 aromatic carbocycles. The summed E-state index contributed by atoms with van der Waals surface area (Å²) in [4.78, 5) is 24.1. The van der Waals surface area contributed by atoms with Gasteiger partial charge >= 0.3 is 5.97 Å². The number of carbonyl (C=O) groups is 2. The lowest BCUT2D eigenvalue weighted by molar-refractivity contribution is 0.0696. The number of hydrogen-bond donors (Lipinski definition) is 2. The van der Waals surface area contributed by atoms with Crippen molar-refractivity contribution >= 4 is 23.5 Å². The molecule has 0 aliphatic heterocycles. The molecule has 0 bridgehead atoms. The van der Waals surface area contributed by atoms with Crippen molar-refractivity contribution in [3.8, 4) is 22.6 Å². The van der Waals surface area contributed by atoms with Crippen molar-refractivity contribution in [1.82, 2.24) is 5.32 Å². The molecule has 2 N–H and O–H groups in total. The third-order valence-corrected chi connectivity index (χ3v) is 5.21. The van der Waals surface area contributed by atoms with Gasteiger partial charge in [0.1, 0.15) is 11.5 Å². The van der Waals surface area contributed by atoms with Crippen LogP contribution in [-0.2, 0) is 6.54 Å². The summed E-state index contributed by atoms with van der Waals surface area (Å²) < 4.78 is 11.3. The first kappa shape index (κ1) is 24.1. The topological polar surface area (TPSA) is 84.9 Å². The van der Waals surface area contributed by atoms with E-state index in [1.165, 1.54) is 0 Å². The lowest BCUT2D eigenvalue weighted by Gasteiger charge is -2.14. The smallest absolute Gasteiger partial charge is 0.335 e. The average molecular weight is 468 g/mol. The molecule has 0 saturated heterocycles. The zero-order chi connectivity index (χ0) is 23.8. The van der Waals surface area contributed by atoms with Gasteiger partial charge in [0.05, 0.1) is 29.4 Å². The SMILES string of the molecule is CCCOc1ccc(C(=O)NCc2cc(-c3cccc(C(=O)O)c3)ccc2OCC)c(Cl)c1. The molecule has 6 nitrogen and oxygen atoms in total. The number of nitrogens with one attached hydrogen (secondary N) is 1. The van der Waals surface area contributed by atoms with E-state index >= 15 is 0 Å². The molecule has 0 radical (unpaired) electrons. The number of amides is 1. The molecule has 1 amide bonds. The number of halogens is 1. The largest absolute Gasteiger partial charge is 0.494 e. The molecule has 0 fully saturated rings. The van der Waals surface area contributed by atoms with Crippen LogP contribution in [0.1, 0.15) is 46.5 Å². The molecular weight excluding hydrogens is 442 g/mol. The summed E-state index contributed by atoms with van der Waals surface area (Å²) >= 11 is 6.30. The summed E-state index contributed by atoms with van der Waals surface area (Å²) in [6, 6.07) is 17.3. The molecule has 0 saturated carbocycles. The van der Waals surface area contributed by atoms with Crippen LogP contribution in [0.2, 0.25) is 5.02 Å². The quantitative estimate of drug-likeness (QED) is 0.392. The van der Waals surface area contributed by atoms with Gasteiger partial charge in [0.2, 0.25) is 0 Å². The summed E-state index contributed by atoms with van der Waals surface area (Å²) in [5, 5.41) is 12.5. The molecule has 0 spiro atoms. The highest BCUT2D eigenvalue weighted by Gasteiger charge is 2.14. The van der Waals surface area contributed by atoms with Gasteiger partial charge in [-0.15, -0.1) is 0 Å². The van der Waals surface area contributed by atoms with Crippen molar-refractivity contribution in [2.45, 2.75) is 26.8 Å². The number of carboxylic acid groups (broad SMARTS) is 1. The molecular formula is C26H26ClNO5. The number of ether oxygens (including phenoxy) is 2. The summed E-state index contributed by atoms with van der Waals surface area (Å²) in [7, 11) is 0. The van der Waals surface area contributed by atoms with Crippen molar-refractivity contribution in [3.63, 3.8) is 0 Å². The van der Waals surface area contributed by atoms with Gasteiger partial charge in [-0.2, -0.15) is 0 Å². The van der Waals surface area contributed by atoms with Crippen molar-refractivity contribution in [1.29, 1.82) is 0 Å². The molecule has 0 heterocycles. The van der Waals surface area contributed by atoms with E-state index in [1.807, 2.05) is 38.1 Å². The van der Waals surface area contributed by atoms with E-state index in [2.05, 4.69) is 5.32 Å². The van der Waals surface area contributed by atoms with E-state index in [0.29, 0.717) is 35.3 Å². The fourth-order valence-electron chi connectivity index (χ4n) is 3.29. The second-order valence-electron chi connectivity index (χ2n) is 7.31. The zero-order valence-electron chi connectivity index (χ0n) is 18.6. The number of hydrogen-bond acceptors (Lipinski definition) is 4. The van der Waals surface area contributed by atoms with Crippen molar-refractivity contribution in [2.75, 3.05) is 13.2 Å². The van der Waals surface area contributed by atoms with Gasteiger partial charge in [-0.1, -0.05) is 36.7 Å². The molecule has 0 aliphatic carbocycles. The number of aromatic carboxylic acids is 1. The predicted molar refractivity (Wildman–Crippen MR) is 128 cm³/mol. The Kier molecular flexibility index (Phi) is 8.33.